The second-order valence-electron chi connectivity index (χ2n) is 5.70. The Balaban J connectivity index is 1.92. The largest absolute Gasteiger partial charge is 0.508 e. The van der Waals surface area contributed by atoms with E-state index < -0.39 is 0 Å². The van der Waals surface area contributed by atoms with Gasteiger partial charge in [0.2, 0.25) is 0 Å². The number of hydrogen-bond donors (Lipinski definition) is 3. The predicted molar refractivity (Wildman–Crippen MR) is 77.7 cm³/mol. The van der Waals surface area contributed by atoms with Crippen LogP contribution in [0, 0.1) is 18.8 Å². The summed E-state index contributed by atoms with van der Waals surface area (Å²) in [6, 6.07) is 4.95. The van der Waals surface area contributed by atoms with Gasteiger partial charge in [0.15, 0.2) is 0 Å². The van der Waals surface area contributed by atoms with Gasteiger partial charge < -0.3 is 15.5 Å². The number of aliphatic hydroxyl groups excluding tert-OH is 1. The number of rotatable bonds is 4. The number of phenols is 1. The van der Waals surface area contributed by atoms with E-state index in [1.54, 1.807) is 19.1 Å². The second-order valence-corrected chi connectivity index (χ2v) is 5.70. The summed E-state index contributed by atoms with van der Waals surface area (Å²) >= 11 is 0. The van der Waals surface area contributed by atoms with E-state index in [1.165, 1.54) is 18.9 Å². The summed E-state index contributed by atoms with van der Waals surface area (Å²) in [6.45, 7) is 2.59. The molecule has 110 valence electrons. The van der Waals surface area contributed by atoms with E-state index >= 15 is 0 Å². The van der Waals surface area contributed by atoms with Crippen LogP contribution in [0.5, 0.6) is 5.75 Å². The van der Waals surface area contributed by atoms with E-state index in [2.05, 4.69) is 5.32 Å². The third kappa shape index (κ3) is 3.51. The van der Waals surface area contributed by atoms with Gasteiger partial charge in [-0.2, -0.15) is 0 Å². The monoisotopic (exact) mass is 277 g/mol. The topological polar surface area (TPSA) is 69.6 Å². The van der Waals surface area contributed by atoms with Crippen molar-refractivity contribution in [3.05, 3.63) is 29.3 Å². The zero-order chi connectivity index (χ0) is 14.5. The molecule has 3 N–H and O–H groups in total. The van der Waals surface area contributed by atoms with Crippen LogP contribution in [0.25, 0.3) is 0 Å². The highest BCUT2D eigenvalue weighted by Crippen LogP contribution is 2.29. The number of phenolic OH excluding ortho intramolecular Hbond substituents is 1. The standard InChI is InChI=1S/C16H23NO3/c1-11-6-7-12(8-15(11)19)16(20)17-9-13-4-2-3-5-14(13)10-18/h6-8,13-14,18-19H,2-5,9-10H2,1H3,(H,17,20). The normalized spacial score (nSPS) is 22.5. The van der Waals surface area contributed by atoms with E-state index in [1.807, 2.05) is 0 Å². The molecule has 0 aromatic heterocycles. The van der Waals surface area contributed by atoms with Crippen molar-refractivity contribution in [1.29, 1.82) is 0 Å². The predicted octanol–water partition coefficient (Wildman–Crippen LogP) is 2.23. The number of benzene rings is 1. The van der Waals surface area contributed by atoms with Gasteiger partial charge in [0, 0.05) is 18.7 Å². The molecule has 4 nitrogen and oxygen atoms in total. The molecule has 4 heteroatoms. The first-order valence-corrected chi connectivity index (χ1v) is 7.30. The van der Waals surface area contributed by atoms with Gasteiger partial charge in [-0.1, -0.05) is 18.9 Å². The number of carbonyl (C=O) groups is 1. The van der Waals surface area contributed by atoms with Crippen LogP contribution < -0.4 is 5.32 Å². The number of amides is 1. The molecule has 2 unspecified atom stereocenters. The van der Waals surface area contributed by atoms with Crippen LogP contribution in [0.2, 0.25) is 0 Å². The SMILES string of the molecule is Cc1ccc(C(=O)NCC2CCCCC2CO)cc1O. The Labute approximate surface area is 119 Å². The molecule has 0 radical (unpaired) electrons. The van der Waals surface area contributed by atoms with Crippen LogP contribution >= 0.6 is 0 Å². The van der Waals surface area contributed by atoms with Crippen molar-refractivity contribution in [3.63, 3.8) is 0 Å². The van der Waals surface area contributed by atoms with E-state index in [9.17, 15) is 15.0 Å². The maximum absolute atomic E-state index is 12.1. The third-order valence-corrected chi connectivity index (χ3v) is 4.30. The summed E-state index contributed by atoms with van der Waals surface area (Å²) in [4.78, 5) is 12.1. The van der Waals surface area contributed by atoms with E-state index in [-0.39, 0.29) is 18.3 Å². The number of aromatic hydroxyl groups is 1. The lowest BCUT2D eigenvalue weighted by Gasteiger charge is -2.30. The van der Waals surface area contributed by atoms with Gasteiger partial charge in [0.05, 0.1) is 0 Å². The molecule has 0 aliphatic heterocycles. The molecule has 2 atom stereocenters. The highest BCUT2D eigenvalue weighted by Gasteiger charge is 2.24. The van der Waals surface area contributed by atoms with Gasteiger partial charge in [0.1, 0.15) is 5.75 Å². The lowest BCUT2D eigenvalue weighted by atomic mass is 9.79. The fourth-order valence-corrected chi connectivity index (χ4v) is 2.87. The highest BCUT2D eigenvalue weighted by molar-refractivity contribution is 5.94. The third-order valence-electron chi connectivity index (χ3n) is 4.30. The van der Waals surface area contributed by atoms with Gasteiger partial charge >= 0.3 is 0 Å². The van der Waals surface area contributed by atoms with E-state index in [0.717, 1.165) is 18.4 Å². The van der Waals surface area contributed by atoms with Crippen LogP contribution in [0.4, 0.5) is 0 Å². The van der Waals surface area contributed by atoms with Gasteiger partial charge in [-0.25, -0.2) is 0 Å². The quantitative estimate of drug-likeness (QED) is 0.790. The molecule has 20 heavy (non-hydrogen) atoms. The fourth-order valence-electron chi connectivity index (χ4n) is 2.87. The molecule has 1 saturated carbocycles. The number of hydrogen-bond acceptors (Lipinski definition) is 3. The fraction of sp³-hybridized carbons (Fsp3) is 0.562. The average Bonchev–Trinajstić information content (AvgIpc) is 2.47. The minimum Gasteiger partial charge on any atom is -0.508 e. The van der Waals surface area contributed by atoms with Crippen LogP contribution in [-0.4, -0.2) is 29.3 Å². The zero-order valence-corrected chi connectivity index (χ0v) is 11.9. The van der Waals surface area contributed by atoms with Crippen molar-refractivity contribution >= 4 is 5.91 Å². The summed E-state index contributed by atoms with van der Waals surface area (Å²) in [5.41, 5.74) is 1.23. The second kappa shape index (κ2) is 6.75. The molecule has 1 aromatic rings. The van der Waals surface area contributed by atoms with Gasteiger partial charge in [-0.3, -0.25) is 4.79 Å². The van der Waals surface area contributed by atoms with Crippen molar-refractivity contribution in [1.82, 2.24) is 5.32 Å². The van der Waals surface area contributed by atoms with E-state index in [4.69, 9.17) is 0 Å². The molecule has 0 bridgehead atoms. The number of aliphatic hydroxyl groups is 1. The Hall–Kier alpha value is -1.55. The Morgan fingerprint density at radius 2 is 2.00 bits per heavy atom. The lowest BCUT2D eigenvalue weighted by Crippen LogP contribution is -2.35. The molecule has 1 aliphatic carbocycles. The van der Waals surface area contributed by atoms with Gasteiger partial charge in [-0.15, -0.1) is 0 Å². The molecular weight excluding hydrogens is 254 g/mol. The highest BCUT2D eigenvalue weighted by atomic mass is 16.3. The summed E-state index contributed by atoms with van der Waals surface area (Å²) in [5.74, 6) is 0.637. The first kappa shape index (κ1) is 14.9. The van der Waals surface area contributed by atoms with Gasteiger partial charge in [-0.05, 0) is 49.3 Å². The number of aryl methyl sites for hydroxylation is 1. The van der Waals surface area contributed by atoms with E-state index in [0.29, 0.717) is 23.9 Å². The Morgan fingerprint density at radius 3 is 2.65 bits per heavy atom. The van der Waals surface area contributed by atoms with Crippen LogP contribution in [0.3, 0.4) is 0 Å². The lowest BCUT2D eigenvalue weighted by molar-refractivity contribution is 0.0909. The first-order valence-electron chi connectivity index (χ1n) is 7.30. The first-order chi connectivity index (χ1) is 9.61. The van der Waals surface area contributed by atoms with Crippen molar-refractivity contribution in [3.8, 4) is 5.75 Å². The van der Waals surface area contributed by atoms with Crippen molar-refractivity contribution in [2.45, 2.75) is 32.6 Å². The average molecular weight is 277 g/mol. The minimum atomic E-state index is -0.164. The molecule has 1 amide bonds. The van der Waals surface area contributed by atoms with Crippen LogP contribution in [0.15, 0.2) is 18.2 Å². The molecule has 2 rings (SSSR count). The molecule has 0 heterocycles. The van der Waals surface area contributed by atoms with Crippen LogP contribution in [0.1, 0.15) is 41.6 Å². The number of nitrogens with one attached hydrogen (secondary N) is 1. The summed E-state index contributed by atoms with van der Waals surface area (Å²) in [6.07, 6.45) is 4.44. The summed E-state index contributed by atoms with van der Waals surface area (Å²) in [7, 11) is 0. The Kier molecular flexibility index (Phi) is 5.01. The smallest absolute Gasteiger partial charge is 0.251 e. The number of carbonyl (C=O) groups excluding carboxylic acids is 1. The molecule has 1 aromatic carbocycles. The van der Waals surface area contributed by atoms with Crippen molar-refractivity contribution in [2.24, 2.45) is 11.8 Å². The Morgan fingerprint density at radius 1 is 1.30 bits per heavy atom. The molecule has 1 fully saturated rings. The molecule has 1 aliphatic rings. The van der Waals surface area contributed by atoms with Crippen molar-refractivity contribution < 1.29 is 15.0 Å². The Bertz CT molecular complexity index is 473. The maximum Gasteiger partial charge on any atom is 0.251 e. The van der Waals surface area contributed by atoms with Gasteiger partial charge in [0.25, 0.3) is 5.91 Å². The maximum atomic E-state index is 12.1. The molecule has 0 saturated heterocycles. The molecular formula is C16H23NO3. The summed E-state index contributed by atoms with van der Waals surface area (Å²) in [5, 5.41) is 21.9. The van der Waals surface area contributed by atoms with Crippen molar-refractivity contribution in [2.75, 3.05) is 13.2 Å². The molecule has 0 spiro atoms. The summed E-state index contributed by atoms with van der Waals surface area (Å²) < 4.78 is 0. The zero-order valence-electron chi connectivity index (χ0n) is 11.9. The van der Waals surface area contributed by atoms with Crippen LogP contribution in [-0.2, 0) is 0 Å². The minimum absolute atomic E-state index is 0.142.